The van der Waals surface area contributed by atoms with E-state index in [4.69, 9.17) is 14.6 Å². The van der Waals surface area contributed by atoms with Gasteiger partial charge in [-0.1, -0.05) is 12.1 Å². The number of aromatic nitrogens is 2. The number of morpholine rings is 1. The van der Waals surface area contributed by atoms with Gasteiger partial charge in [0.15, 0.2) is 0 Å². The fourth-order valence-corrected chi connectivity index (χ4v) is 5.35. The molecule has 274 valence electrons. The molecule has 2 amide bonds. The molecule has 0 bridgehead atoms. The van der Waals surface area contributed by atoms with Crippen LogP contribution in [0.5, 0.6) is 0 Å². The van der Waals surface area contributed by atoms with Crippen LogP contribution in [-0.4, -0.2) is 92.1 Å². The van der Waals surface area contributed by atoms with Crippen molar-refractivity contribution >= 4 is 46.3 Å². The maximum absolute atomic E-state index is 15.3. The topological polar surface area (TPSA) is 155 Å². The lowest BCUT2D eigenvalue weighted by Crippen LogP contribution is -2.53. The fourth-order valence-electron chi connectivity index (χ4n) is 5.35. The van der Waals surface area contributed by atoms with Crippen molar-refractivity contribution in [2.24, 2.45) is 0 Å². The summed E-state index contributed by atoms with van der Waals surface area (Å²) in [6.07, 6.45) is 0.925. The van der Waals surface area contributed by atoms with Gasteiger partial charge < -0.3 is 35.4 Å². The molecule has 3 heterocycles. The van der Waals surface area contributed by atoms with E-state index >= 15 is 4.39 Å². The van der Waals surface area contributed by atoms with Crippen molar-refractivity contribution in [2.75, 3.05) is 56.1 Å². The summed E-state index contributed by atoms with van der Waals surface area (Å²) in [5.74, 6) is -2.73. The molecule has 1 aliphatic heterocycles. The van der Waals surface area contributed by atoms with Gasteiger partial charge in [0.1, 0.15) is 17.9 Å². The van der Waals surface area contributed by atoms with E-state index in [0.717, 1.165) is 23.8 Å². The highest BCUT2D eigenvalue weighted by atomic mass is 19.4. The lowest BCUT2D eigenvalue weighted by molar-refractivity contribution is -0.167. The van der Waals surface area contributed by atoms with Crippen molar-refractivity contribution in [3.05, 3.63) is 89.6 Å². The summed E-state index contributed by atoms with van der Waals surface area (Å²) in [5.41, 5.74) is 2.20. The number of pyridine rings is 2. The number of benzene rings is 2. The normalized spacial score (nSPS) is 14.5. The molecule has 16 heteroatoms. The Kier molecular flexibility index (Phi) is 15.1. The molecule has 12 nitrogen and oxygen atoms in total. The van der Waals surface area contributed by atoms with Gasteiger partial charge in [-0.25, -0.2) is 9.18 Å². The third kappa shape index (κ3) is 10.6. The number of anilines is 3. The number of aliphatic hydroxyl groups excluding tert-OH is 1. The van der Waals surface area contributed by atoms with Crippen LogP contribution in [0.4, 0.5) is 34.6 Å². The minimum absolute atomic E-state index is 0.0255. The lowest BCUT2D eigenvalue weighted by Gasteiger charge is -2.38. The van der Waals surface area contributed by atoms with E-state index in [1.165, 1.54) is 19.2 Å². The van der Waals surface area contributed by atoms with Crippen LogP contribution in [0.15, 0.2) is 67.1 Å². The van der Waals surface area contributed by atoms with E-state index in [2.05, 4.69) is 25.9 Å². The number of esters is 1. The molecule has 0 aliphatic carbocycles. The van der Waals surface area contributed by atoms with Crippen molar-refractivity contribution in [1.82, 2.24) is 15.3 Å². The first-order chi connectivity index (χ1) is 24.5. The molecular weight excluding hydrogens is 676 g/mol. The van der Waals surface area contributed by atoms with Gasteiger partial charge in [-0.2, -0.15) is 13.2 Å². The highest BCUT2D eigenvalue weighted by Crippen LogP contribution is 2.33. The first-order valence-corrected chi connectivity index (χ1v) is 15.8. The zero-order valence-corrected chi connectivity index (χ0v) is 28.5. The van der Waals surface area contributed by atoms with Crippen molar-refractivity contribution in [2.45, 2.75) is 38.5 Å². The van der Waals surface area contributed by atoms with Crippen LogP contribution in [0, 0.1) is 12.7 Å². The number of alkyl halides is 3. The zero-order chi connectivity index (χ0) is 37.6. The number of nitrogens with one attached hydrogen (secondary N) is 3. The highest BCUT2D eigenvalue weighted by Gasteiger charge is 2.45. The molecule has 5 rings (SSSR count). The third-order valence-corrected chi connectivity index (χ3v) is 7.66. The standard InChI is InChI=1S/C28H28F4N4O5.C6H8N2.CH4O/c1-3-41-27(39)22(12-17-6-7-21(34-15-37)25-19(17)5-4-8-33-25)35-26(38)24-16(2)11-18(13-20(24)29)36-9-10-40-14-23(36)28(30,31)32;1-7-6-3-2-4-8-5-6;1-2/h4-8,11,13,15,22-23H,3,9-10,12,14H2,1-2H3,(H,34,37)(H,35,38);2-5,7H,1H3;2H,1H3/t22-,23+;;/m0../s1. The number of aryl methyl sites for hydroxylation is 1. The van der Waals surface area contributed by atoms with Crippen molar-refractivity contribution in [3.63, 3.8) is 0 Å². The Bertz CT molecular complexity index is 1740. The number of amides is 2. The van der Waals surface area contributed by atoms with E-state index in [9.17, 15) is 27.6 Å². The number of hydrogen-bond acceptors (Lipinski definition) is 10. The van der Waals surface area contributed by atoms with Gasteiger partial charge in [0.25, 0.3) is 5.91 Å². The minimum Gasteiger partial charge on any atom is -0.464 e. The Hall–Kier alpha value is -5.35. The Labute approximate surface area is 292 Å². The Morgan fingerprint density at radius 1 is 1.16 bits per heavy atom. The summed E-state index contributed by atoms with van der Waals surface area (Å²) in [6, 6.07) is 9.52. The second-order valence-corrected chi connectivity index (χ2v) is 10.9. The molecule has 2 atom stereocenters. The predicted octanol–water partition coefficient (Wildman–Crippen LogP) is 4.65. The summed E-state index contributed by atoms with van der Waals surface area (Å²) in [4.78, 5) is 46.3. The molecule has 0 radical (unpaired) electrons. The molecule has 1 fully saturated rings. The quantitative estimate of drug-likeness (QED) is 0.104. The van der Waals surface area contributed by atoms with Gasteiger partial charge in [0.2, 0.25) is 6.41 Å². The summed E-state index contributed by atoms with van der Waals surface area (Å²) in [5, 5.41) is 15.7. The first-order valence-electron chi connectivity index (χ1n) is 15.8. The number of halogens is 4. The number of hydrogen-bond donors (Lipinski definition) is 4. The molecule has 2 aromatic heterocycles. The summed E-state index contributed by atoms with van der Waals surface area (Å²) < 4.78 is 66.1. The molecule has 1 saturated heterocycles. The second-order valence-electron chi connectivity index (χ2n) is 10.9. The SMILES string of the molecule is CCOC(=O)[C@H](Cc1ccc(NC=O)c2ncccc12)NC(=O)c1c(C)cc(N2CCOC[C@@H]2C(F)(F)F)cc1F.CNc1cccnc1.CO. The summed E-state index contributed by atoms with van der Waals surface area (Å²) in [6.45, 7) is 2.36. The predicted molar refractivity (Wildman–Crippen MR) is 184 cm³/mol. The maximum atomic E-state index is 15.3. The smallest absolute Gasteiger partial charge is 0.411 e. The summed E-state index contributed by atoms with van der Waals surface area (Å²) in [7, 11) is 2.87. The van der Waals surface area contributed by atoms with Gasteiger partial charge in [0, 0.05) is 56.8 Å². The van der Waals surface area contributed by atoms with E-state index < -0.39 is 48.1 Å². The third-order valence-electron chi connectivity index (χ3n) is 7.66. The van der Waals surface area contributed by atoms with Crippen LogP contribution >= 0.6 is 0 Å². The number of fused-ring (bicyclic) bond motifs is 1. The number of ether oxygens (including phenoxy) is 2. The number of nitrogens with zero attached hydrogens (tertiary/aromatic N) is 3. The number of rotatable bonds is 10. The Balaban J connectivity index is 0.000000610. The molecule has 2 aromatic carbocycles. The largest absolute Gasteiger partial charge is 0.464 e. The molecule has 51 heavy (non-hydrogen) atoms. The molecular formula is C35H40F4N6O6. The summed E-state index contributed by atoms with van der Waals surface area (Å²) >= 11 is 0. The monoisotopic (exact) mass is 716 g/mol. The molecule has 4 aromatic rings. The van der Waals surface area contributed by atoms with Crippen molar-refractivity contribution in [1.29, 1.82) is 0 Å². The van der Waals surface area contributed by atoms with Gasteiger partial charge in [-0.15, -0.1) is 0 Å². The van der Waals surface area contributed by atoms with Gasteiger partial charge in [-0.3, -0.25) is 19.6 Å². The van der Waals surface area contributed by atoms with Gasteiger partial charge in [-0.05, 0) is 61.4 Å². The van der Waals surface area contributed by atoms with E-state index in [1.807, 2.05) is 19.2 Å². The second kappa shape index (κ2) is 19.2. The molecule has 4 N–H and O–H groups in total. The van der Waals surface area contributed by atoms with Gasteiger partial charge >= 0.3 is 12.1 Å². The molecule has 0 unspecified atom stereocenters. The maximum Gasteiger partial charge on any atom is 0.411 e. The Morgan fingerprint density at radius 2 is 1.90 bits per heavy atom. The lowest BCUT2D eigenvalue weighted by atomic mass is 9.99. The van der Waals surface area contributed by atoms with Crippen molar-refractivity contribution in [3.8, 4) is 0 Å². The van der Waals surface area contributed by atoms with E-state index in [1.54, 1.807) is 43.6 Å². The van der Waals surface area contributed by atoms with Crippen LogP contribution in [-0.2, 0) is 25.5 Å². The van der Waals surface area contributed by atoms with Crippen LogP contribution in [0.25, 0.3) is 10.9 Å². The van der Waals surface area contributed by atoms with Crippen LogP contribution in [0.2, 0.25) is 0 Å². The Morgan fingerprint density at radius 3 is 2.51 bits per heavy atom. The number of aliphatic hydroxyl groups is 1. The highest BCUT2D eigenvalue weighted by molar-refractivity contribution is 5.99. The fraction of sp³-hybridized carbons (Fsp3) is 0.343. The van der Waals surface area contributed by atoms with Crippen LogP contribution in [0.3, 0.4) is 0 Å². The molecule has 0 saturated carbocycles. The first kappa shape index (κ1) is 40.1. The van der Waals surface area contributed by atoms with Gasteiger partial charge in [0.05, 0.1) is 42.3 Å². The van der Waals surface area contributed by atoms with E-state index in [-0.39, 0.29) is 37.4 Å². The molecule has 0 spiro atoms. The van der Waals surface area contributed by atoms with E-state index in [0.29, 0.717) is 28.6 Å². The van der Waals surface area contributed by atoms with Crippen LogP contribution in [0.1, 0.15) is 28.4 Å². The zero-order valence-electron chi connectivity index (χ0n) is 28.5. The molecule has 1 aliphatic rings. The van der Waals surface area contributed by atoms with Crippen LogP contribution < -0.4 is 20.9 Å². The van der Waals surface area contributed by atoms with Crippen molar-refractivity contribution < 1.29 is 46.5 Å². The average molecular weight is 717 g/mol. The number of carbonyl (C=O) groups is 3. The average Bonchev–Trinajstić information content (AvgIpc) is 3.13. The minimum atomic E-state index is -4.60. The number of carbonyl (C=O) groups excluding carboxylic acids is 3.